The summed E-state index contributed by atoms with van der Waals surface area (Å²) in [5, 5.41) is 2.11. The molecule has 0 aliphatic heterocycles. The fourth-order valence-corrected chi connectivity index (χ4v) is 5.01. The highest BCUT2D eigenvalue weighted by molar-refractivity contribution is 7.89. The summed E-state index contributed by atoms with van der Waals surface area (Å²) in [7, 11) is -4.33. The van der Waals surface area contributed by atoms with E-state index >= 15 is 0 Å². The maximum absolute atomic E-state index is 13.2. The number of nitrogens with two attached hydrogens (primary N) is 1. The van der Waals surface area contributed by atoms with Crippen LogP contribution in [0.15, 0.2) is 65.6 Å². The second-order valence-corrected chi connectivity index (χ2v) is 11.1. The molecule has 0 aliphatic rings. The SMILES string of the molecule is CC(C)(C)OC(=O)CC(C=O)NS(=O)(=O)c1ccc(C(N)=O)cc1OCCc1cccc2ccccc12. The van der Waals surface area contributed by atoms with Crippen molar-refractivity contribution in [2.75, 3.05) is 6.61 Å². The summed E-state index contributed by atoms with van der Waals surface area (Å²) in [6.07, 6.45) is 0.293. The molecule has 9 nitrogen and oxygen atoms in total. The summed E-state index contributed by atoms with van der Waals surface area (Å²) in [4.78, 5) is 35.1. The van der Waals surface area contributed by atoms with Crippen LogP contribution in [0, 0.1) is 0 Å². The van der Waals surface area contributed by atoms with Crippen LogP contribution in [0.2, 0.25) is 0 Å². The molecule has 1 amide bonds. The molecule has 0 spiro atoms. The number of carbonyl (C=O) groups is 3. The minimum Gasteiger partial charge on any atom is -0.492 e. The van der Waals surface area contributed by atoms with Gasteiger partial charge in [0.05, 0.1) is 19.1 Å². The van der Waals surface area contributed by atoms with E-state index in [9.17, 15) is 22.8 Å². The zero-order chi connectivity index (χ0) is 27.2. The summed E-state index contributed by atoms with van der Waals surface area (Å²) in [5.41, 5.74) is 5.64. The van der Waals surface area contributed by atoms with Crippen molar-refractivity contribution in [3.8, 4) is 5.75 Å². The highest BCUT2D eigenvalue weighted by Gasteiger charge is 2.27. The number of hydrogen-bond acceptors (Lipinski definition) is 7. The van der Waals surface area contributed by atoms with E-state index < -0.39 is 40.0 Å². The molecule has 3 aromatic carbocycles. The Morgan fingerprint density at radius 1 is 1.05 bits per heavy atom. The lowest BCUT2D eigenvalue weighted by molar-refractivity contribution is -0.155. The lowest BCUT2D eigenvalue weighted by Gasteiger charge is -2.21. The minimum atomic E-state index is -4.33. The largest absolute Gasteiger partial charge is 0.492 e. The van der Waals surface area contributed by atoms with Gasteiger partial charge in [0.2, 0.25) is 15.9 Å². The summed E-state index contributed by atoms with van der Waals surface area (Å²) < 4.78 is 39.5. The molecule has 3 aromatic rings. The van der Waals surface area contributed by atoms with Gasteiger partial charge < -0.3 is 20.0 Å². The van der Waals surface area contributed by atoms with Gasteiger partial charge in [-0.05, 0) is 55.3 Å². The van der Waals surface area contributed by atoms with Crippen molar-refractivity contribution in [2.24, 2.45) is 5.73 Å². The van der Waals surface area contributed by atoms with Gasteiger partial charge in [-0.3, -0.25) is 9.59 Å². The van der Waals surface area contributed by atoms with Crippen LogP contribution in [-0.4, -0.2) is 44.8 Å². The van der Waals surface area contributed by atoms with Crippen LogP contribution in [0.4, 0.5) is 0 Å². The maximum Gasteiger partial charge on any atom is 0.308 e. The van der Waals surface area contributed by atoms with Crippen LogP contribution < -0.4 is 15.2 Å². The smallest absolute Gasteiger partial charge is 0.308 e. The standard InChI is InChI=1S/C27H30N2O7S/c1-27(2,3)36-25(31)16-21(17-30)29-37(33,34)24-12-11-20(26(28)32)15-23(24)35-14-13-19-9-6-8-18-7-4-5-10-22(18)19/h4-12,15,17,21,29H,13-14,16H2,1-3H3,(H2,28,32). The fourth-order valence-electron chi connectivity index (χ4n) is 3.72. The van der Waals surface area contributed by atoms with Crippen molar-refractivity contribution in [1.29, 1.82) is 0 Å². The van der Waals surface area contributed by atoms with E-state index in [1.165, 1.54) is 18.2 Å². The zero-order valence-corrected chi connectivity index (χ0v) is 21.7. The molecule has 1 unspecified atom stereocenters. The summed E-state index contributed by atoms with van der Waals surface area (Å²) in [6, 6.07) is 16.0. The molecular formula is C27H30N2O7S. The fraction of sp³-hybridized carbons (Fsp3) is 0.296. The number of benzene rings is 3. The number of amides is 1. The predicted molar refractivity (Wildman–Crippen MR) is 139 cm³/mol. The number of nitrogens with one attached hydrogen (secondary N) is 1. The lowest BCUT2D eigenvalue weighted by atomic mass is 10.0. The van der Waals surface area contributed by atoms with Crippen molar-refractivity contribution in [3.63, 3.8) is 0 Å². The van der Waals surface area contributed by atoms with Crippen LogP contribution in [0.3, 0.4) is 0 Å². The van der Waals surface area contributed by atoms with Crippen molar-refractivity contribution in [3.05, 3.63) is 71.8 Å². The number of primary amides is 1. The number of carbonyl (C=O) groups excluding carboxylic acids is 3. The third kappa shape index (κ3) is 7.61. The Kier molecular flexibility index (Phi) is 8.67. The molecule has 1 atom stereocenters. The first-order valence-electron chi connectivity index (χ1n) is 11.6. The summed E-state index contributed by atoms with van der Waals surface area (Å²) in [6.45, 7) is 5.08. The van der Waals surface area contributed by atoms with E-state index in [4.69, 9.17) is 15.2 Å². The quantitative estimate of drug-likeness (QED) is 0.289. The van der Waals surface area contributed by atoms with Gasteiger partial charge in [-0.1, -0.05) is 42.5 Å². The monoisotopic (exact) mass is 526 g/mol. The van der Waals surface area contributed by atoms with Crippen LogP contribution in [0.1, 0.15) is 43.1 Å². The number of esters is 1. The van der Waals surface area contributed by atoms with Crippen molar-refractivity contribution in [2.45, 2.75) is 50.2 Å². The molecule has 0 saturated heterocycles. The number of fused-ring (bicyclic) bond motifs is 1. The summed E-state index contributed by atoms with van der Waals surface area (Å²) >= 11 is 0. The van der Waals surface area contributed by atoms with E-state index in [0.29, 0.717) is 12.7 Å². The number of rotatable bonds is 11. The van der Waals surface area contributed by atoms with E-state index in [1.54, 1.807) is 20.8 Å². The Balaban J connectivity index is 1.82. The first-order chi connectivity index (χ1) is 17.4. The van der Waals surface area contributed by atoms with Crippen LogP contribution in [-0.2, 0) is 30.8 Å². The molecule has 10 heteroatoms. The highest BCUT2D eigenvalue weighted by Crippen LogP contribution is 2.27. The Bertz CT molecular complexity index is 1410. The van der Waals surface area contributed by atoms with Crippen molar-refractivity contribution in [1.82, 2.24) is 4.72 Å². The molecule has 196 valence electrons. The Morgan fingerprint density at radius 3 is 2.43 bits per heavy atom. The van der Waals surface area contributed by atoms with Gasteiger partial charge in [-0.15, -0.1) is 0 Å². The lowest BCUT2D eigenvalue weighted by Crippen LogP contribution is -2.39. The molecule has 0 aliphatic carbocycles. The highest BCUT2D eigenvalue weighted by atomic mass is 32.2. The Morgan fingerprint density at radius 2 is 1.76 bits per heavy atom. The average Bonchev–Trinajstić information content (AvgIpc) is 2.82. The second-order valence-electron chi connectivity index (χ2n) is 9.42. The molecular weight excluding hydrogens is 496 g/mol. The number of sulfonamides is 1. The molecule has 0 fully saturated rings. The van der Waals surface area contributed by atoms with E-state index in [1.807, 2.05) is 42.5 Å². The van der Waals surface area contributed by atoms with E-state index in [2.05, 4.69) is 4.72 Å². The number of hydrogen-bond donors (Lipinski definition) is 2. The summed E-state index contributed by atoms with van der Waals surface area (Å²) in [5.74, 6) is -1.60. The number of aldehydes is 1. The normalized spacial score (nSPS) is 12.6. The Labute approximate surface area is 216 Å². The van der Waals surface area contributed by atoms with Crippen LogP contribution >= 0.6 is 0 Å². The molecule has 0 saturated carbocycles. The molecule has 0 aromatic heterocycles. The van der Waals surface area contributed by atoms with Gasteiger partial charge in [0, 0.05) is 12.0 Å². The molecule has 3 rings (SSSR count). The van der Waals surface area contributed by atoms with Gasteiger partial charge in [0.15, 0.2) is 0 Å². The van der Waals surface area contributed by atoms with E-state index in [0.717, 1.165) is 16.3 Å². The van der Waals surface area contributed by atoms with Gasteiger partial charge in [-0.25, -0.2) is 13.1 Å². The average molecular weight is 527 g/mol. The molecule has 37 heavy (non-hydrogen) atoms. The second kappa shape index (κ2) is 11.5. The van der Waals surface area contributed by atoms with E-state index in [-0.39, 0.29) is 22.8 Å². The van der Waals surface area contributed by atoms with Gasteiger partial charge in [0.1, 0.15) is 22.5 Å². The van der Waals surface area contributed by atoms with Crippen LogP contribution in [0.5, 0.6) is 5.75 Å². The third-order valence-corrected chi connectivity index (χ3v) is 6.83. The van der Waals surface area contributed by atoms with Gasteiger partial charge in [0.25, 0.3) is 0 Å². The minimum absolute atomic E-state index is 0.0554. The molecule has 0 radical (unpaired) electrons. The first kappa shape index (κ1) is 27.8. The number of ether oxygens (including phenoxy) is 2. The van der Waals surface area contributed by atoms with Gasteiger partial charge >= 0.3 is 5.97 Å². The molecule has 0 heterocycles. The zero-order valence-electron chi connectivity index (χ0n) is 20.9. The molecule has 3 N–H and O–H groups in total. The topological polar surface area (TPSA) is 142 Å². The molecule has 0 bridgehead atoms. The van der Waals surface area contributed by atoms with Crippen LogP contribution in [0.25, 0.3) is 10.8 Å². The third-order valence-electron chi connectivity index (χ3n) is 5.30. The van der Waals surface area contributed by atoms with Crippen molar-refractivity contribution >= 4 is 39.0 Å². The maximum atomic E-state index is 13.2. The van der Waals surface area contributed by atoms with Crippen molar-refractivity contribution < 1.29 is 32.3 Å². The first-order valence-corrected chi connectivity index (χ1v) is 13.1. The van der Waals surface area contributed by atoms with Gasteiger partial charge in [-0.2, -0.15) is 0 Å². The predicted octanol–water partition coefficient (Wildman–Crippen LogP) is 3.14. The Hall–Kier alpha value is -3.76.